The standard InChI is InChI=1S/C17H21N2O/c1-20-15-6-7-17-16(12-15)14(8-9-18-17)13-19-10-4-2-3-5-11-19/h6-9,12-13H,2-5,10-11H2,1H3. The molecule has 1 fully saturated rings. The Morgan fingerprint density at radius 2 is 1.90 bits per heavy atom. The van der Waals surface area contributed by atoms with Crippen molar-refractivity contribution in [3.05, 3.63) is 42.6 Å². The van der Waals surface area contributed by atoms with Crippen LogP contribution < -0.4 is 4.74 Å². The Bertz CT molecular complexity index is 574. The van der Waals surface area contributed by atoms with Crippen molar-refractivity contribution in [2.45, 2.75) is 25.7 Å². The molecule has 1 aliphatic heterocycles. The van der Waals surface area contributed by atoms with Crippen molar-refractivity contribution in [2.75, 3.05) is 20.2 Å². The molecule has 1 aromatic carbocycles. The van der Waals surface area contributed by atoms with Gasteiger partial charge >= 0.3 is 0 Å². The Kier molecular flexibility index (Phi) is 4.16. The number of pyridine rings is 1. The number of nitrogens with zero attached hydrogens (tertiary/aromatic N) is 2. The number of methoxy groups -OCH3 is 1. The first kappa shape index (κ1) is 13.4. The Balaban J connectivity index is 1.89. The highest BCUT2D eigenvalue weighted by Crippen LogP contribution is 2.25. The molecular formula is C17H21N2O. The van der Waals surface area contributed by atoms with Crippen LogP contribution in [0.5, 0.6) is 5.75 Å². The van der Waals surface area contributed by atoms with Crippen LogP contribution in [0, 0.1) is 6.54 Å². The van der Waals surface area contributed by atoms with Gasteiger partial charge in [-0.2, -0.15) is 0 Å². The lowest BCUT2D eigenvalue weighted by atomic mass is 10.1. The van der Waals surface area contributed by atoms with Crippen molar-refractivity contribution >= 4 is 10.9 Å². The van der Waals surface area contributed by atoms with E-state index in [1.807, 2.05) is 18.3 Å². The van der Waals surface area contributed by atoms with Crippen molar-refractivity contribution in [1.82, 2.24) is 9.88 Å². The third-order valence-electron chi connectivity index (χ3n) is 3.94. The topological polar surface area (TPSA) is 25.4 Å². The third kappa shape index (κ3) is 2.93. The van der Waals surface area contributed by atoms with Gasteiger partial charge in [0.1, 0.15) is 5.75 Å². The second-order valence-electron chi connectivity index (χ2n) is 5.36. The molecule has 0 spiro atoms. The zero-order valence-electron chi connectivity index (χ0n) is 12.0. The first-order valence-electron chi connectivity index (χ1n) is 7.38. The van der Waals surface area contributed by atoms with Gasteiger partial charge in [0.25, 0.3) is 0 Å². The molecule has 105 valence electrons. The third-order valence-corrected chi connectivity index (χ3v) is 3.94. The molecule has 0 aliphatic carbocycles. The highest BCUT2D eigenvalue weighted by Gasteiger charge is 2.12. The number of ether oxygens (including phenoxy) is 1. The van der Waals surface area contributed by atoms with Gasteiger partial charge in [-0.1, -0.05) is 12.8 Å². The average molecular weight is 269 g/mol. The lowest BCUT2D eigenvalue weighted by Crippen LogP contribution is -2.22. The molecule has 3 heteroatoms. The number of aromatic nitrogens is 1. The molecule has 0 amide bonds. The van der Waals surface area contributed by atoms with E-state index >= 15 is 0 Å². The van der Waals surface area contributed by atoms with Crippen LogP contribution in [0.1, 0.15) is 31.2 Å². The number of likely N-dealkylation sites (tertiary alicyclic amines) is 1. The highest BCUT2D eigenvalue weighted by atomic mass is 16.5. The van der Waals surface area contributed by atoms with E-state index in [9.17, 15) is 0 Å². The maximum Gasteiger partial charge on any atom is 0.119 e. The fourth-order valence-corrected chi connectivity index (χ4v) is 2.81. The van der Waals surface area contributed by atoms with Crippen LogP contribution in [0.3, 0.4) is 0 Å². The summed E-state index contributed by atoms with van der Waals surface area (Å²) < 4.78 is 5.33. The number of hydrogen-bond acceptors (Lipinski definition) is 3. The zero-order valence-corrected chi connectivity index (χ0v) is 12.0. The second-order valence-corrected chi connectivity index (χ2v) is 5.36. The predicted octanol–water partition coefficient (Wildman–Crippen LogP) is 3.63. The molecule has 0 saturated carbocycles. The molecule has 0 bridgehead atoms. The van der Waals surface area contributed by atoms with Crippen LogP contribution in [-0.4, -0.2) is 30.1 Å². The largest absolute Gasteiger partial charge is 0.497 e. The van der Waals surface area contributed by atoms with Crippen LogP contribution >= 0.6 is 0 Å². The molecule has 2 aromatic rings. The summed E-state index contributed by atoms with van der Waals surface area (Å²) in [6.45, 7) is 4.61. The molecular weight excluding hydrogens is 248 g/mol. The Hall–Kier alpha value is -1.61. The van der Waals surface area contributed by atoms with Gasteiger partial charge in [0.15, 0.2) is 0 Å². The number of fused-ring (bicyclic) bond motifs is 1. The minimum Gasteiger partial charge on any atom is -0.497 e. The quantitative estimate of drug-likeness (QED) is 0.850. The van der Waals surface area contributed by atoms with Crippen molar-refractivity contribution in [3.8, 4) is 5.75 Å². The SMILES string of the molecule is COc1ccc2nccc([CH]N3CCCCCC3)c2c1. The molecule has 0 atom stereocenters. The monoisotopic (exact) mass is 269 g/mol. The van der Waals surface area contributed by atoms with Crippen molar-refractivity contribution in [3.63, 3.8) is 0 Å². The second kappa shape index (κ2) is 6.23. The van der Waals surface area contributed by atoms with Crippen molar-refractivity contribution in [1.29, 1.82) is 0 Å². The smallest absolute Gasteiger partial charge is 0.119 e. The van der Waals surface area contributed by atoms with Crippen LogP contribution in [-0.2, 0) is 0 Å². The average Bonchev–Trinajstić information content (AvgIpc) is 2.76. The number of rotatable bonds is 3. The minimum absolute atomic E-state index is 0.885. The summed E-state index contributed by atoms with van der Waals surface area (Å²) in [5.74, 6) is 0.885. The molecule has 1 saturated heterocycles. The van der Waals surface area contributed by atoms with Crippen molar-refractivity contribution in [2.24, 2.45) is 0 Å². The molecule has 3 rings (SSSR count). The lowest BCUT2D eigenvalue weighted by Gasteiger charge is -2.20. The Labute approximate surface area is 120 Å². The van der Waals surface area contributed by atoms with E-state index in [4.69, 9.17) is 4.74 Å². The lowest BCUT2D eigenvalue weighted by molar-refractivity contribution is 0.360. The van der Waals surface area contributed by atoms with Gasteiger partial charge in [0, 0.05) is 11.6 Å². The molecule has 1 aliphatic rings. The summed E-state index contributed by atoms with van der Waals surface area (Å²) in [4.78, 5) is 6.88. The Morgan fingerprint density at radius 1 is 1.10 bits per heavy atom. The summed E-state index contributed by atoms with van der Waals surface area (Å²) in [6, 6.07) is 8.15. The van der Waals surface area contributed by atoms with Crippen LogP contribution in [0.4, 0.5) is 0 Å². The van der Waals surface area contributed by atoms with E-state index in [1.54, 1.807) is 7.11 Å². The van der Waals surface area contributed by atoms with Gasteiger partial charge in [0.05, 0.1) is 19.2 Å². The molecule has 3 nitrogen and oxygen atoms in total. The van der Waals surface area contributed by atoms with E-state index in [0.717, 1.165) is 29.7 Å². The molecule has 1 radical (unpaired) electrons. The predicted molar refractivity (Wildman–Crippen MR) is 81.7 cm³/mol. The first-order chi connectivity index (χ1) is 9.86. The maximum atomic E-state index is 5.33. The molecule has 0 N–H and O–H groups in total. The molecule has 0 unspecified atom stereocenters. The van der Waals surface area contributed by atoms with Gasteiger partial charge in [-0.15, -0.1) is 0 Å². The summed E-state index contributed by atoms with van der Waals surface area (Å²) in [7, 11) is 1.70. The van der Waals surface area contributed by atoms with Gasteiger partial charge in [-0.25, -0.2) is 0 Å². The van der Waals surface area contributed by atoms with Crippen molar-refractivity contribution < 1.29 is 4.74 Å². The Morgan fingerprint density at radius 3 is 2.65 bits per heavy atom. The first-order valence-corrected chi connectivity index (χ1v) is 7.38. The maximum absolute atomic E-state index is 5.33. The highest BCUT2D eigenvalue weighted by molar-refractivity contribution is 5.84. The normalized spacial score (nSPS) is 17.1. The van der Waals surface area contributed by atoms with Gasteiger partial charge in [0.2, 0.25) is 0 Å². The summed E-state index contributed by atoms with van der Waals surface area (Å²) in [5.41, 5.74) is 2.25. The summed E-state index contributed by atoms with van der Waals surface area (Å²) in [5, 5.41) is 1.16. The molecule has 2 heterocycles. The van der Waals surface area contributed by atoms with E-state index in [2.05, 4.69) is 28.6 Å². The van der Waals surface area contributed by atoms with Gasteiger partial charge in [-0.05, 0) is 55.8 Å². The molecule has 1 aromatic heterocycles. The van der Waals surface area contributed by atoms with Gasteiger partial charge < -0.3 is 4.74 Å². The van der Waals surface area contributed by atoms with Crippen LogP contribution in [0.2, 0.25) is 0 Å². The van der Waals surface area contributed by atoms with Gasteiger partial charge in [-0.3, -0.25) is 9.88 Å². The summed E-state index contributed by atoms with van der Waals surface area (Å²) >= 11 is 0. The molecule has 20 heavy (non-hydrogen) atoms. The summed E-state index contributed by atoms with van der Waals surface area (Å²) in [6.07, 6.45) is 7.19. The van der Waals surface area contributed by atoms with E-state index in [0.29, 0.717) is 0 Å². The van der Waals surface area contributed by atoms with Crippen LogP contribution in [0.15, 0.2) is 30.5 Å². The van der Waals surface area contributed by atoms with E-state index < -0.39 is 0 Å². The van der Waals surface area contributed by atoms with E-state index in [1.165, 1.54) is 31.2 Å². The van der Waals surface area contributed by atoms with E-state index in [-0.39, 0.29) is 0 Å². The minimum atomic E-state index is 0.885. The fraction of sp³-hybridized carbons (Fsp3) is 0.412. The van der Waals surface area contributed by atoms with Crippen LogP contribution in [0.25, 0.3) is 10.9 Å². The zero-order chi connectivity index (χ0) is 13.8. The number of hydrogen-bond donors (Lipinski definition) is 0. The number of benzene rings is 1. The fourth-order valence-electron chi connectivity index (χ4n) is 2.81.